The van der Waals surface area contributed by atoms with Gasteiger partial charge in [0.2, 0.25) is 0 Å². The molecule has 0 aromatic rings. The van der Waals surface area contributed by atoms with Crippen LogP contribution in [0.25, 0.3) is 0 Å². The van der Waals surface area contributed by atoms with E-state index in [1.54, 1.807) is 41.5 Å². The molecular formula is C27H44O9. The van der Waals surface area contributed by atoms with Crippen molar-refractivity contribution in [3.8, 4) is 0 Å². The summed E-state index contributed by atoms with van der Waals surface area (Å²) in [6.07, 6.45) is 0.0311. The SMILES string of the molecule is C=C(C)C(=O)OC(C)C(CC=O)OC(=O)C(C)(C)CC.C=C(C)C(=O)OC(C)COC(=O)C(C)CC. The molecule has 0 aromatic carbocycles. The molecule has 0 aliphatic heterocycles. The quantitative estimate of drug-likeness (QED) is 0.143. The van der Waals surface area contributed by atoms with E-state index in [-0.39, 0.29) is 30.5 Å². The average molecular weight is 513 g/mol. The van der Waals surface area contributed by atoms with Crippen LogP contribution in [0, 0.1) is 11.3 Å². The minimum Gasteiger partial charge on any atom is -0.462 e. The summed E-state index contributed by atoms with van der Waals surface area (Å²) in [5.41, 5.74) is -0.0545. The summed E-state index contributed by atoms with van der Waals surface area (Å²) >= 11 is 0. The molecule has 0 N–H and O–H groups in total. The second kappa shape index (κ2) is 17.5. The zero-order chi connectivity index (χ0) is 28.6. The fourth-order valence-electron chi connectivity index (χ4n) is 2.04. The predicted molar refractivity (Wildman–Crippen MR) is 136 cm³/mol. The number of carbonyl (C=O) groups excluding carboxylic acids is 5. The van der Waals surface area contributed by atoms with Gasteiger partial charge < -0.3 is 23.7 Å². The van der Waals surface area contributed by atoms with E-state index in [0.29, 0.717) is 18.3 Å². The Labute approximate surface area is 215 Å². The molecule has 9 nitrogen and oxygen atoms in total. The van der Waals surface area contributed by atoms with Gasteiger partial charge in [-0.05, 0) is 54.4 Å². The van der Waals surface area contributed by atoms with Crippen molar-refractivity contribution < 1.29 is 42.9 Å². The van der Waals surface area contributed by atoms with E-state index < -0.39 is 41.6 Å². The van der Waals surface area contributed by atoms with Gasteiger partial charge in [0.1, 0.15) is 31.2 Å². The highest BCUT2D eigenvalue weighted by atomic mass is 16.6. The molecule has 0 radical (unpaired) electrons. The smallest absolute Gasteiger partial charge is 0.333 e. The summed E-state index contributed by atoms with van der Waals surface area (Å²) in [5, 5.41) is 0. The Morgan fingerprint density at radius 2 is 1.39 bits per heavy atom. The molecule has 0 rings (SSSR count). The summed E-state index contributed by atoms with van der Waals surface area (Å²) in [6, 6.07) is 0. The van der Waals surface area contributed by atoms with Crippen molar-refractivity contribution in [3.05, 3.63) is 24.3 Å². The van der Waals surface area contributed by atoms with Crippen LogP contribution in [0.15, 0.2) is 24.3 Å². The first-order valence-electron chi connectivity index (χ1n) is 12.1. The monoisotopic (exact) mass is 512 g/mol. The van der Waals surface area contributed by atoms with Crippen LogP contribution in [0.3, 0.4) is 0 Å². The third-order valence-electron chi connectivity index (χ3n) is 5.32. The number of carbonyl (C=O) groups is 5. The van der Waals surface area contributed by atoms with Crippen LogP contribution in [-0.2, 0) is 42.9 Å². The summed E-state index contributed by atoms with van der Waals surface area (Å²) in [4.78, 5) is 56.6. The van der Waals surface area contributed by atoms with Crippen molar-refractivity contribution >= 4 is 30.2 Å². The Morgan fingerprint density at radius 3 is 1.81 bits per heavy atom. The van der Waals surface area contributed by atoms with Gasteiger partial charge in [-0.1, -0.05) is 33.9 Å². The van der Waals surface area contributed by atoms with Gasteiger partial charge in [0.25, 0.3) is 0 Å². The molecular weight excluding hydrogens is 468 g/mol. The van der Waals surface area contributed by atoms with Gasteiger partial charge in [0, 0.05) is 17.6 Å². The number of aldehydes is 1. The van der Waals surface area contributed by atoms with Gasteiger partial charge in [-0.25, -0.2) is 9.59 Å². The zero-order valence-corrected chi connectivity index (χ0v) is 23.3. The molecule has 0 aliphatic rings. The minimum absolute atomic E-state index is 0.0177. The highest BCUT2D eigenvalue weighted by Crippen LogP contribution is 2.24. The molecule has 0 aliphatic carbocycles. The number of ether oxygens (including phenoxy) is 4. The van der Waals surface area contributed by atoms with E-state index in [9.17, 15) is 24.0 Å². The second-order valence-corrected chi connectivity index (χ2v) is 9.41. The molecule has 0 heterocycles. The van der Waals surface area contributed by atoms with E-state index in [2.05, 4.69) is 13.2 Å². The summed E-state index contributed by atoms with van der Waals surface area (Å²) in [5.74, 6) is -1.83. The van der Waals surface area contributed by atoms with E-state index in [1.165, 1.54) is 6.92 Å². The minimum atomic E-state index is -0.783. The molecule has 0 spiro atoms. The second-order valence-electron chi connectivity index (χ2n) is 9.41. The number of rotatable bonds is 14. The lowest BCUT2D eigenvalue weighted by Crippen LogP contribution is -2.37. The average Bonchev–Trinajstić information content (AvgIpc) is 2.81. The van der Waals surface area contributed by atoms with Crippen LogP contribution in [-0.4, -0.2) is 55.1 Å². The van der Waals surface area contributed by atoms with E-state index in [4.69, 9.17) is 18.9 Å². The van der Waals surface area contributed by atoms with Crippen molar-refractivity contribution in [2.45, 2.75) is 99.9 Å². The lowest BCUT2D eigenvalue weighted by molar-refractivity contribution is -0.172. The lowest BCUT2D eigenvalue weighted by Gasteiger charge is -2.27. The number of esters is 4. The van der Waals surface area contributed by atoms with E-state index in [1.807, 2.05) is 13.8 Å². The summed E-state index contributed by atoms with van der Waals surface area (Å²) in [6.45, 7) is 22.5. The molecule has 9 heteroatoms. The maximum Gasteiger partial charge on any atom is 0.333 e. The Balaban J connectivity index is 0. The van der Waals surface area contributed by atoms with Crippen LogP contribution in [0.4, 0.5) is 0 Å². The molecule has 0 bridgehead atoms. The predicted octanol–water partition coefficient (Wildman–Crippen LogP) is 4.51. The van der Waals surface area contributed by atoms with Gasteiger partial charge in [0.15, 0.2) is 0 Å². The fraction of sp³-hybridized carbons (Fsp3) is 0.667. The van der Waals surface area contributed by atoms with E-state index >= 15 is 0 Å². The van der Waals surface area contributed by atoms with Crippen molar-refractivity contribution in [2.75, 3.05) is 6.61 Å². The highest BCUT2D eigenvalue weighted by Gasteiger charge is 2.32. The fourth-order valence-corrected chi connectivity index (χ4v) is 2.04. The molecule has 0 aromatic heterocycles. The largest absolute Gasteiger partial charge is 0.462 e. The topological polar surface area (TPSA) is 122 Å². The zero-order valence-electron chi connectivity index (χ0n) is 23.3. The first-order valence-corrected chi connectivity index (χ1v) is 12.1. The maximum absolute atomic E-state index is 12.0. The van der Waals surface area contributed by atoms with Gasteiger partial charge in [-0.2, -0.15) is 0 Å². The van der Waals surface area contributed by atoms with Gasteiger partial charge in [-0.3, -0.25) is 9.59 Å². The van der Waals surface area contributed by atoms with Crippen LogP contribution in [0.1, 0.15) is 81.6 Å². The number of hydrogen-bond donors (Lipinski definition) is 0. The first-order chi connectivity index (χ1) is 16.5. The van der Waals surface area contributed by atoms with Gasteiger partial charge in [0.05, 0.1) is 11.3 Å². The summed E-state index contributed by atoms with van der Waals surface area (Å²) in [7, 11) is 0. The number of hydrogen-bond acceptors (Lipinski definition) is 9. The molecule has 206 valence electrons. The van der Waals surface area contributed by atoms with Gasteiger partial charge >= 0.3 is 23.9 Å². The van der Waals surface area contributed by atoms with Crippen LogP contribution in [0.2, 0.25) is 0 Å². The van der Waals surface area contributed by atoms with Gasteiger partial charge in [-0.15, -0.1) is 0 Å². The van der Waals surface area contributed by atoms with Crippen molar-refractivity contribution in [3.63, 3.8) is 0 Å². The van der Waals surface area contributed by atoms with Crippen molar-refractivity contribution in [2.24, 2.45) is 11.3 Å². The van der Waals surface area contributed by atoms with Crippen molar-refractivity contribution in [1.29, 1.82) is 0 Å². The molecule has 0 saturated heterocycles. The normalized spacial score (nSPS) is 13.9. The molecule has 0 fully saturated rings. The van der Waals surface area contributed by atoms with Crippen molar-refractivity contribution in [1.82, 2.24) is 0 Å². The molecule has 36 heavy (non-hydrogen) atoms. The first kappa shape index (κ1) is 35.2. The Bertz CT molecular complexity index is 782. The Hall–Kier alpha value is -2.97. The Kier molecular flexibility index (Phi) is 17.1. The maximum atomic E-state index is 12.0. The molecule has 4 atom stereocenters. The lowest BCUT2D eigenvalue weighted by atomic mass is 9.90. The van der Waals surface area contributed by atoms with E-state index in [0.717, 1.165) is 6.42 Å². The third kappa shape index (κ3) is 14.4. The van der Waals surface area contributed by atoms with Crippen LogP contribution in [0.5, 0.6) is 0 Å². The standard InChI is InChI=1S/C15H24O5.C12H20O4/c1-7-15(5,6)14(18)20-12(8-9-16)11(4)19-13(17)10(2)3;1-6-9(4)12(14)15-7-10(5)16-11(13)8(2)3/h9,11-12H,2,7-8H2,1,3-6H3;9-10H,2,6-7H2,1,3-5H3. The summed E-state index contributed by atoms with van der Waals surface area (Å²) < 4.78 is 20.4. The highest BCUT2D eigenvalue weighted by molar-refractivity contribution is 5.87. The Morgan fingerprint density at radius 1 is 0.889 bits per heavy atom. The third-order valence-corrected chi connectivity index (χ3v) is 5.32. The molecule has 0 saturated carbocycles. The molecule has 4 unspecified atom stereocenters. The van der Waals surface area contributed by atoms with Crippen LogP contribution >= 0.6 is 0 Å². The molecule has 0 amide bonds. The van der Waals surface area contributed by atoms with Crippen LogP contribution < -0.4 is 0 Å².